The second-order valence-electron chi connectivity index (χ2n) is 9.11. The number of aromatic nitrogens is 4. The molecule has 6 nitrogen and oxygen atoms in total. The Morgan fingerprint density at radius 2 is 1.68 bits per heavy atom. The largest absolute Gasteiger partial charge is 0.307 e. The molecule has 6 heteroatoms. The summed E-state index contributed by atoms with van der Waals surface area (Å²) in [4.78, 5) is 14.6. The highest BCUT2D eigenvalue weighted by atomic mass is 16.6. The Bertz CT molecular complexity index is 1150. The van der Waals surface area contributed by atoms with Crippen LogP contribution in [-0.4, -0.2) is 14.5 Å². The SMILES string of the molecule is CC(C)=CCC/C(C)=C\CC/C(C)=C/Cn1c[n+](C)c2ncnc(NOCc3ccccc3)c21. The maximum absolute atomic E-state index is 5.73. The van der Waals surface area contributed by atoms with Crippen molar-refractivity contribution in [1.29, 1.82) is 0 Å². The van der Waals surface area contributed by atoms with Crippen molar-refractivity contribution in [1.82, 2.24) is 14.5 Å². The van der Waals surface area contributed by atoms with Gasteiger partial charge in [-0.25, -0.2) is 10.0 Å². The van der Waals surface area contributed by atoms with Crippen LogP contribution in [0.5, 0.6) is 0 Å². The van der Waals surface area contributed by atoms with Gasteiger partial charge in [-0.15, -0.1) is 0 Å². The molecule has 0 saturated carbocycles. The number of allylic oxidation sites excluding steroid dienone is 6. The van der Waals surface area contributed by atoms with Crippen molar-refractivity contribution in [3.05, 3.63) is 83.5 Å². The van der Waals surface area contributed by atoms with E-state index < -0.39 is 0 Å². The second-order valence-corrected chi connectivity index (χ2v) is 9.11. The standard InChI is InChI=1S/C28H38N5O/c1-22(2)11-9-12-23(3)13-10-14-24(4)17-18-33-21-32(5)28-26(33)27(29-20-30-28)31-34-19-25-15-7-6-8-16-25/h6-8,11,13,15-17,20-21H,9-10,12,14,18-19H2,1-5H3,(H,29,30,31)/q+1/b23-13-,24-17+. The topological polar surface area (TPSA) is 55.9 Å². The second kappa shape index (κ2) is 12.8. The van der Waals surface area contributed by atoms with Crippen molar-refractivity contribution in [2.75, 3.05) is 5.48 Å². The number of aryl methyl sites for hydroxylation is 1. The van der Waals surface area contributed by atoms with Crippen molar-refractivity contribution < 1.29 is 9.40 Å². The summed E-state index contributed by atoms with van der Waals surface area (Å²) in [5.41, 5.74) is 10.2. The molecule has 180 valence electrons. The summed E-state index contributed by atoms with van der Waals surface area (Å²) in [7, 11) is 2.00. The van der Waals surface area contributed by atoms with Crippen molar-refractivity contribution in [3.63, 3.8) is 0 Å². The number of fused-ring (bicyclic) bond motifs is 1. The predicted molar refractivity (Wildman–Crippen MR) is 139 cm³/mol. The Labute approximate surface area is 203 Å². The lowest BCUT2D eigenvalue weighted by atomic mass is 10.1. The van der Waals surface area contributed by atoms with Crippen LogP contribution in [0.2, 0.25) is 0 Å². The number of nitrogens with zero attached hydrogens (tertiary/aromatic N) is 4. The summed E-state index contributed by atoms with van der Waals surface area (Å²) in [6.07, 6.45) is 15.0. The van der Waals surface area contributed by atoms with Gasteiger partial charge in [-0.2, -0.15) is 4.98 Å². The smallest absolute Gasteiger partial charge is 0.270 e. The molecule has 1 N–H and O–H groups in total. The lowest BCUT2D eigenvalue weighted by Crippen LogP contribution is -2.26. The van der Waals surface area contributed by atoms with E-state index in [0.29, 0.717) is 12.4 Å². The van der Waals surface area contributed by atoms with Gasteiger partial charge in [0.15, 0.2) is 18.5 Å². The monoisotopic (exact) mass is 460 g/mol. The van der Waals surface area contributed by atoms with Crippen LogP contribution in [0.4, 0.5) is 5.82 Å². The Morgan fingerprint density at radius 1 is 0.971 bits per heavy atom. The molecule has 0 atom stereocenters. The Kier molecular flexibility index (Phi) is 9.59. The van der Waals surface area contributed by atoms with Crippen molar-refractivity contribution in [2.45, 2.75) is 66.5 Å². The first-order chi connectivity index (χ1) is 16.4. The quantitative estimate of drug-likeness (QED) is 0.198. The molecule has 0 unspecified atom stereocenters. The fraction of sp³-hybridized carbons (Fsp3) is 0.393. The van der Waals surface area contributed by atoms with Crippen LogP contribution in [0.1, 0.15) is 58.9 Å². The molecular weight excluding hydrogens is 422 g/mol. The molecule has 0 aliphatic rings. The summed E-state index contributed by atoms with van der Waals surface area (Å²) in [5.74, 6) is 0.669. The van der Waals surface area contributed by atoms with E-state index >= 15 is 0 Å². The molecule has 1 aromatic carbocycles. The molecule has 0 fully saturated rings. The van der Waals surface area contributed by atoms with Crippen LogP contribution < -0.4 is 10.0 Å². The Hall–Kier alpha value is -3.25. The highest BCUT2D eigenvalue weighted by Crippen LogP contribution is 2.19. The molecule has 0 saturated heterocycles. The van der Waals surface area contributed by atoms with Crippen LogP contribution in [0.15, 0.2) is 77.9 Å². The number of benzene rings is 1. The molecule has 0 bridgehead atoms. The summed E-state index contributed by atoms with van der Waals surface area (Å²) in [6, 6.07) is 10.1. The van der Waals surface area contributed by atoms with E-state index in [1.54, 1.807) is 6.33 Å². The average molecular weight is 461 g/mol. The number of hydrogen-bond acceptors (Lipinski definition) is 4. The first-order valence-electron chi connectivity index (χ1n) is 12.0. The zero-order valence-corrected chi connectivity index (χ0v) is 21.2. The van der Waals surface area contributed by atoms with E-state index in [1.165, 1.54) is 16.7 Å². The number of imidazole rings is 1. The lowest BCUT2D eigenvalue weighted by molar-refractivity contribution is -0.647. The van der Waals surface area contributed by atoms with Gasteiger partial charge in [-0.05, 0) is 58.9 Å². The molecule has 2 aromatic heterocycles. The normalized spacial score (nSPS) is 12.3. The van der Waals surface area contributed by atoms with Crippen LogP contribution in [0, 0.1) is 0 Å². The van der Waals surface area contributed by atoms with Gasteiger partial charge >= 0.3 is 5.65 Å². The fourth-order valence-corrected chi connectivity index (χ4v) is 3.78. The van der Waals surface area contributed by atoms with E-state index in [2.05, 4.69) is 72.3 Å². The lowest BCUT2D eigenvalue weighted by Gasteiger charge is -2.07. The molecule has 2 heterocycles. The summed E-state index contributed by atoms with van der Waals surface area (Å²) < 4.78 is 4.18. The first-order valence-corrected chi connectivity index (χ1v) is 12.0. The maximum atomic E-state index is 5.73. The molecule has 3 rings (SSSR count). The molecule has 0 aliphatic carbocycles. The highest BCUT2D eigenvalue weighted by molar-refractivity contribution is 5.80. The molecule has 34 heavy (non-hydrogen) atoms. The van der Waals surface area contributed by atoms with Crippen molar-refractivity contribution in [3.8, 4) is 0 Å². The molecule has 0 amide bonds. The number of rotatable bonds is 12. The predicted octanol–water partition coefficient (Wildman–Crippen LogP) is 6.22. The van der Waals surface area contributed by atoms with Gasteiger partial charge in [-0.3, -0.25) is 9.40 Å². The maximum Gasteiger partial charge on any atom is 0.307 e. The number of anilines is 1. The number of nitrogens with one attached hydrogen (secondary N) is 1. The summed E-state index contributed by atoms with van der Waals surface area (Å²) in [5, 5.41) is 0. The third-order valence-corrected chi connectivity index (χ3v) is 5.75. The molecule has 3 aromatic rings. The van der Waals surface area contributed by atoms with E-state index in [0.717, 1.165) is 49.0 Å². The van der Waals surface area contributed by atoms with Gasteiger partial charge in [0.05, 0.1) is 20.2 Å². The number of hydrogen-bond donors (Lipinski definition) is 1. The summed E-state index contributed by atoms with van der Waals surface area (Å²) in [6.45, 7) is 9.97. The molecular formula is C28H38N5O+. The van der Waals surface area contributed by atoms with Crippen LogP contribution in [0.25, 0.3) is 11.2 Å². The van der Waals surface area contributed by atoms with E-state index in [9.17, 15) is 0 Å². The fourth-order valence-electron chi connectivity index (χ4n) is 3.78. The average Bonchev–Trinajstić information content (AvgIpc) is 3.14. The molecule has 0 radical (unpaired) electrons. The van der Waals surface area contributed by atoms with E-state index in [1.807, 2.05) is 41.9 Å². The highest BCUT2D eigenvalue weighted by Gasteiger charge is 2.19. The third-order valence-electron chi connectivity index (χ3n) is 5.75. The van der Waals surface area contributed by atoms with Crippen LogP contribution in [0.3, 0.4) is 0 Å². The third kappa shape index (κ3) is 7.66. The van der Waals surface area contributed by atoms with Crippen LogP contribution >= 0.6 is 0 Å². The van der Waals surface area contributed by atoms with E-state index in [4.69, 9.17) is 4.84 Å². The van der Waals surface area contributed by atoms with Gasteiger partial charge < -0.3 is 0 Å². The minimum absolute atomic E-state index is 0.458. The van der Waals surface area contributed by atoms with Gasteiger partial charge in [-0.1, -0.05) is 70.3 Å². The Balaban J connectivity index is 1.61. The summed E-state index contributed by atoms with van der Waals surface area (Å²) >= 11 is 0. The first kappa shape index (κ1) is 25.4. The zero-order valence-electron chi connectivity index (χ0n) is 21.2. The van der Waals surface area contributed by atoms with Crippen molar-refractivity contribution >= 4 is 17.0 Å². The minimum Gasteiger partial charge on any atom is -0.270 e. The minimum atomic E-state index is 0.458. The van der Waals surface area contributed by atoms with Gasteiger partial charge in [0, 0.05) is 0 Å². The molecule has 0 spiro atoms. The van der Waals surface area contributed by atoms with Gasteiger partial charge in [0.25, 0.3) is 0 Å². The van der Waals surface area contributed by atoms with Gasteiger partial charge in [0.1, 0.15) is 0 Å². The molecule has 0 aliphatic heterocycles. The van der Waals surface area contributed by atoms with Crippen molar-refractivity contribution in [2.24, 2.45) is 7.05 Å². The van der Waals surface area contributed by atoms with E-state index in [-0.39, 0.29) is 0 Å². The van der Waals surface area contributed by atoms with Crippen LogP contribution in [-0.2, 0) is 25.0 Å². The van der Waals surface area contributed by atoms with Gasteiger partial charge in [0.2, 0.25) is 5.52 Å². The zero-order chi connectivity index (χ0) is 24.3. The Morgan fingerprint density at radius 3 is 2.41 bits per heavy atom.